The summed E-state index contributed by atoms with van der Waals surface area (Å²) in [6.07, 6.45) is 2.60. The molecule has 1 aromatic rings. The Balaban J connectivity index is 2.03. The maximum absolute atomic E-state index is 4.28. The Bertz CT molecular complexity index is 299. The Morgan fingerprint density at radius 1 is 1.20 bits per heavy atom. The fourth-order valence-electron chi connectivity index (χ4n) is 2.24. The number of hydrogen-bond acceptors (Lipinski definition) is 2. The summed E-state index contributed by atoms with van der Waals surface area (Å²) >= 11 is 4.28. The van der Waals surface area contributed by atoms with Gasteiger partial charge in [0.05, 0.1) is 0 Å². The van der Waals surface area contributed by atoms with Crippen molar-refractivity contribution in [3.63, 3.8) is 0 Å². The van der Waals surface area contributed by atoms with Gasteiger partial charge in [-0.2, -0.15) is 12.6 Å². The van der Waals surface area contributed by atoms with Gasteiger partial charge >= 0.3 is 0 Å². The second-order valence-corrected chi connectivity index (χ2v) is 4.79. The lowest BCUT2D eigenvalue weighted by Crippen LogP contribution is -2.29. The van der Waals surface area contributed by atoms with Crippen LogP contribution in [0.2, 0.25) is 0 Å². The molecule has 1 aliphatic heterocycles. The fourth-order valence-corrected chi connectivity index (χ4v) is 2.45. The first kappa shape index (κ1) is 11.0. The van der Waals surface area contributed by atoms with Crippen LogP contribution >= 0.6 is 12.6 Å². The summed E-state index contributed by atoms with van der Waals surface area (Å²) in [5.41, 5.74) is 2.82. The van der Waals surface area contributed by atoms with Crippen LogP contribution in [0.15, 0.2) is 24.3 Å². The van der Waals surface area contributed by atoms with E-state index in [2.05, 4.69) is 48.8 Å². The number of thiol groups is 1. The molecule has 0 amide bonds. The van der Waals surface area contributed by atoms with Gasteiger partial charge in [-0.25, -0.2) is 0 Å². The molecule has 2 heteroatoms. The Kier molecular flexibility index (Phi) is 3.71. The minimum atomic E-state index is 0.773. The van der Waals surface area contributed by atoms with Gasteiger partial charge in [-0.1, -0.05) is 24.3 Å². The summed E-state index contributed by atoms with van der Waals surface area (Å²) in [6, 6.07) is 8.98. The van der Waals surface area contributed by atoms with Crippen LogP contribution in [-0.4, -0.2) is 25.0 Å². The Labute approximate surface area is 97.9 Å². The van der Waals surface area contributed by atoms with Crippen LogP contribution in [0.5, 0.6) is 0 Å². The van der Waals surface area contributed by atoms with E-state index in [1.54, 1.807) is 0 Å². The van der Waals surface area contributed by atoms with Crippen molar-refractivity contribution in [3.05, 3.63) is 35.4 Å². The number of rotatable bonds is 2. The number of benzene rings is 1. The van der Waals surface area contributed by atoms with Gasteiger partial charge in [-0.15, -0.1) is 0 Å². The predicted molar refractivity (Wildman–Crippen MR) is 68.6 cm³/mol. The molecule has 0 spiro atoms. The van der Waals surface area contributed by atoms with E-state index in [9.17, 15) is 0 Å². The van der Waals surface area contributed by atoms with Crippen molar-refractivity contribution in [1.82, 2.24) is 4.90 Å². The second-order valence-electron chi connectivity index (χ2n) is 4.48. The second kappa shape index (κ2) is 5.04. The van der Waals surface area contributed by atoms with Gasteiger partial charge in [-0.3, -0.25) is 0 Å². The third-order valence-electron chi connectivity index (χ3n) is 3.35. The van der Waals surface area contributed by atoms with E-state index in [4.69, 9.17) is 0 Å². The van der Waals surface area contributed by atoms with Gasteiger partial charge in [0.2, 0.25) is 0 Å². The van der Waals surface area contributed by atoms with E-state index in [1.165, 1.54) is 37.1 Å². The van der Waals surface area contributed by atoms with Crippen LogP contribution in [0.4, 0.5) is 0 Å². The third kappa shape index (κ3) is 2.76. The molecule has 0 saturated carbocycles. The highest BCUT2D eigenvalue weighted by Gasteiger charge is 2.17. The minimum Gasteiger partial charge on any atom is -0.306 e. The van der Waals surface area contributed by atoms with Gasteiger partial charge in [-0.05, 0) is 50.0 Å². The van der Waals surface area contributed by atoms with Gasteiger partial charge in [0.15, 0.2) is 0 Å². The Hall–Kier alpha value is -0.470. The van der Waals surface area contributed by atoms with Crippen molar-refractivity contribution >= 4 is 12.6 Å². The molecule has 0 bridgehead atoms. The van der Waals surface area contributed by atoms with Crippen molar-refractivity contribution in [2.45, 2.75) is 24.5 Å². The Morgan fingerprint density at radius 3 is 2.33 bits per heavy atom. The van der Waals surface area contributed by atoms with Crippen LogP contribution < -0.4 is 0 Å². The first-order valence-corrected chi connectivity index (χ1v) is 6.31. The molecule has 0 N–H and O–H groups in total. The largest absolute Gasteiger partial charge is 0.306 e. The quantitative estimate of drug-likeness (QED) is 0.752. The monoisotopic (exact) mass is 221 g/mol. The average Bonchev–Trinajstić information content (AvgIpc) is 2.30. The van der Waals surface area contributed by atoms with E-state index in [0.29, 0.717) is 0 Å². The molecule has 1 saturated heterocycles. The highest BCUT2D eigenvalue weighted by Crippen LogP contribution is 2.27. The smallest absolute Gasteiger partial charge is 0.0154 e. The van der Waals surface area contributed by atoms with Gasteiger partial charge in [0.25, 0.3) is 0 Å². The van der Waals surface area contributed by atoms with E-state index in [-0.39, 0.29) is 0 Å². The summed E-state index contributed by atoms with van der Waals surface area (Å²) in [5.74, 6) is 1.61. The van der Waals surface area contributed by atoms with Gasteiger partial charge in [0, 0.05) is 5.75 Å². The lowest BCUT2D eigenvalue weighted by atomic mass is 9.89. The van der Waals surface area contributed by atoms with Crippen molar-refractivity contribution in [2.75, 3.05) is 20.1 Å². The van der Waals surface area contributed by atoms with Crippen molar-refractivity contribution < 1.29 is 0 Å². The maximum atomic E-state index is 4.28. The van der Waals surface area contributed by atoms with Crippen LogP contribution in [0.3, 0.4) is 0 Å². The molecule has 1 aromatic carbocycles. The molecule has 2 rings (SSSR count). The number of piperidine rings is 1. The van der Waals surface area contributed by atoms with Crippen molar-refractivity contribution in [3.8, 4) is 0 Å². The molecular formula is C13H19NS. The SMILES string of the molecule is CN1CCC(c2ccc(CS)cc2)CC1. The zero-order valence-electron chi connectivity index (χ0n) is 9.32. The molecule has 1 aliphatic rings. The average molecular weight is 221 g/mol. The molecule has 15 heavy (non-hydrogen) atoms. The molecule has 0 unspecified atom stereocenters. The van der Waals surface area contributed by atoms with Crippen molar-refractivity contribution in [2.24, 2.45) is 0 Å². The lowest BCUT2D eigenvalue weighted by molar-refractivity contribution is 0.255. The maximum Gasteiger partial charge on any atom is 0.0154 e. The summed E-state index contributed by atoms with van der Waals surface area (Å²) in [7, 11) is 2.21. The number of nitrogens with zero attached hydrogens (tertiary/aromatic N) is 1. The highest BCUT2D eigenvalue weighted by atomic mass is 32.1. The Morgan fingerprint density at radius 2 is 1.80 bits per heavy atom. The molecule has 1 nitrogen and oxygen atoms in total. The standard InChI is InChI=1S/C13H19NS/c1-14-8-6-13(7-9-14)12-4-2-11(10-15)3-5-12/h2-5,13,15H,6-10H2,1H3. The molecule has 0 radical (unpaired) electrons. The first-order chi connectivity index (χ1) is 7.29. The summed E-state index contributed by atoms with van der Waals surface area (Å²) < 4.78 is 0. The molecule has 0 atom stereocenters. The zero-order valence-corrected chi connectivity index (χ0v) is 10.2. The third-order valence-corrected chi connectivity index (χ3v) is 3.72. The molecule has 82 valence electrons. The minimum absolute atomic E-state index is 0.773. The topological polar surface area (TPSA) is 3.24 Å². The zero-order chi connectivity index (χ0) is 10.7. The van der Waals surface area contributed by atoms with E-state index in [1.807, 2.05) is 0 Å². The molecule has 0 aromatic heterocycles. The van der Waals surface area contributed by atoms with Crippen LogP contribution in [-0.2, 0) is 5.75 Å². The molecule has 1 fully saturated rings. The van der Waals surface area contributed by atoms with Crippen LogP contribution in [0.1, 0.15) is 29.9 Å². The van der Waals surface area contributed by atoms with Gasteiger partial charge < -0.3 is 4.90 Å². The normalized spacial score (nSPS) is 19.3. The summed E-state index contributed by atoms with van der Waals surface area (Å²) in [5, 5.41) is 0. The lowest BCUT2D eigenvalue weighted by Gasteiger charge is -2.29. The summed E-state index contributed by atoms with van der Waals surface area (Å²) in [6.45, 7) is 2.47. The molecule has 0 aliphatic carbocycles. The van der Waals surface area contributed by atoms with Crippen LogP contribution in [0.25, 0.3) is 0 Å². The highest BCUT2D eigenvalue weighted by molar-refractivity contribution is 7.79. The van der Waals surface area contributed by atoms with E-state index < -0.39 is 0 Å². The number of likely N-dealkylation sites (tertiary alicyclic amines) is 1. The molecule has 1 heterocycles. The predicted octanol–water partition coefficient (Wildman–Crippen LogP) is 2.93. The molecular weight excluding hydrogens is 202 g/mol. The first-order valence-electron chi connectivity index (χ1n) is 5.68. The summed E-state index contributed by atoms with van der Waals surface area (Å²) in [4.78, 5) is 2.42. The number of hydrogen-bond donors (Lipinski definition) is 1. The van der Waals surface area contributed by atoms with Crippen LogP contribution in [0, 0.1) is 0 Å². The van der Waals surface area contributed by atoms with E-state index in [0.717, 1.165) is 11.7 Å². The fraction of sp³-hybridized carbons (Fsp3) is 0.538. The van der Waals surface area contributed by atoms with Gasteiger partial charge in [0.1, 0.15) is 0 Å². The van der Waals surface area contributed by atoms with E-state index >= 15 is 0 Å². The van der Waals surface area contributed by atoms with Crippen molar-refractivity contribution in [1.29, 1.82) is 0 Å².